The Morgan fingerprint density at radius 2 is 1.94 bits per heavy atom. The van der Waals surface area contributed by atoms with Gasteiger partial charge in [0.15, 0.2) is 11.6 Å². The highest BCUT2D eigenvalue weighted by Gasteiger charge is 2.12. The highest BCUT2D eigenvalue weighted by Crippen LogP contribution is 2.24. The molecule has 0 aliphatic rings. The van der Waals surface area contributed by atoms with Crippen LogP contribution in [0.2, 0.25) is 0 Å². The first-order valence-corrected chi connectivity index (χ1v) is 5.41. The van der Waals surface area contributed by atoms with Crippen LogP contribution in [0, 0.1) is 12.7 Å². The maximum Gasteiger partial charge on any atom is 0.239 e. The summed E-state index contributed by atoms with van der Waals surface area (Å²) in [6.45, 7) is 1.99. The minimum Gasteiger partial charge on any atom is -0.327 e. The number of hydrogen-bond donors (Lipinski definition) is 2. The molecule has 0 fully saturated rings. The van der Waals surface area contributed by atoms with Gasteiger partial charge in [0.2, 0.25) is 5.95 Å². The van der Waals surface area contributed by atoms with Crippen molar-refractivity contribution >= 4 is 17.5 Å². The first-order chi connectivity index (χ1) is 8.61. The number of benzene rings is 1. The molecule has 0 radical (unpaired) electrons. The van der Waals surface area contributed by atoms with Crippen molar-refractivity contribution in [3.8, 4) is 0 Å². The first-order valence-electron chi connectivity index (χ1n) is 5.41. The van der Waals surface area contributed by atoms with Gasteiger partial charge in [-0.1, -0.05) is 17.7 Å². The number of halogens is 1. The Bertz CT molecular complexity index is 541. The summed E-state index contributed by atoms with van der Waals surface area (Å²) in [5.74, 6) is 5.05. The number of hydrogen-bond acceptors (Lipinski definition) is 5. The predicted octanol–water partition coefficient (Wildman–Crippen LogP) is 1.98. The molecule has 0 saturated heterocycles. The topological polar surface area (TPSA) is 67.1 Å². The van der Waals surface area contributed by atoms with Gasteiger partial charge in [0.1, 0.15) is 0 Å². The number of aromatic nitrogens is 2. The van der Waals surface area contributed by atoms with E-state index in [1.807, 2.05) is 31.2 Å². The summed E-state index contributed by atoms with van der Waals surface area (Å²) in [7, 11) is 1.73. The van der Waals surface area contributed by atoms with E-state index >= 15 is 0 Å². The van der Waals surface area contributed by atoms with E-state index in [9.17, 15) is 4.39 Å². The molecule has 94 valence electrons. The van der Waals surface area contributed by atoms with Gasteiger partial charge in [-0.3, -0.25) is 5.43 Å². The summed E-state index contributed by atoms with van der Waals surface area (Å²) < 4.78 is 13.7. The van der Waals surface area contributed by atoms with Crippen LogP contribution in [0.1, 0.15) is 5.56 Å². The van der Waals surface area contributed by atoms with Crippen molar-refractivity contribution in [2.24, 2.45) is 5.84 Å². The Balaban J connectivity index is 2.38. The summed E-state index contributed by atoms with van der Waals surface area (Å²) in [5, 5.41) is 0. The molecule has 3 N–H and O–H groups in total. The summed E-state index contributed by atoms with van der Waals surface area (Å²) >= 11 is 0. The number of rotatable bonds is 3. The molecule has 1 heterocycles. The van der Waals surface area contributed by atoms with Crippen molar-refractivity contribution in [2.45, 2.75) is 6.92 Å². The van der Waals surface area contributed by atoms with Gasteiger partial charge in [0.25, 0.3) is 0 Å². The minimum atomic E-state index is -0.503. The number of aryl methyl sites for hydroxylation is 1. The van der Waals surface area contributed by atoms with Crippen molar-refractivity contribution < 1.29 is 4.39 Å². The molecular formula is C12H14FN5. The van der Waals surface area contributed by atoms with E-state index in [-0.39, 0.29) is 11.8 Å². The second-order valence-electron chi connectivity index (χ2n) is 3.90. The SMILES string of the molecule is Cc1ccc(N(C)c2nc(NN)ncc2F)cc1. The number of nitrogens with zero attached hydrogens (tertiary/aromatic N) is 3. The second-order valence-corrected chi connectivity index (χ2v) is 3.90. The van der Waals surface area contributed by atoms with Gasteiger partial charge >= 0.3 is 0 Å². The molecule has 0 bridgehead atoms. The summed E-state index contributed by atoms with van der Waals surface area (Å²) in [6, 6.07) is 7.69. The van der Waals surface area contributed by atoms with Crippen molar-refractivity contribution in [2.75, 3.05) is 17.4 Å². The Hall–Kier alpha value is -2.21. The molecule has 18 heavy (non-hydrogen) atoms. The Kier molecular flexibility index (Phi) is 3.38. The minimum absolute atomic E-state index is 0.168. The molecule has 0 saturated carbocycles. The Labute approximate surface area is 104 Å². The number of hydrazine groups is 1. The van der Waals surface area contributed by atoms with Crippen LogP contribution >= 0.6 is 0 Å². The van der Waals surface area contributed by atoms with Gasteiger partial charge in [-0.2, -0.15) is 4.98 Å². The van der Waals surface area contributed by atoms with Crippen LogP contribution in [-0.4, -0.2) is 17.0 Å². The fourth-order valence-electron chi connectivity index (χ4n) is 1.55. The summed E-state index contributed by atoms with van der Waals surface area (Å²) in [4.78, 5) is 9.33. The second kappa shape index (κ2) is 4.97. The predicted molar refractivity (Wildman–Crippen MR) is 69.0 cm³/mol. The molecule has 0 atom stereocenters. The van der Waals surface area contributed by atoms with Crippen LogP contribution < -0.4 is 16.2 Å². The van der Waals surface area contributed by atoms with E-state index in [1.165, 1.54) is 0 Å². The Morgan fingerprint density at radius 3 is 2.56 bits per heavy atom. The smallest absolute Gasteiger partial charge is 0.239 e. The third kappa shape index (κ3) is 2.38. The van der Waals surface area contributed by atoms with Gasteiger partial charge in [-0.05, 0) is 19.1 Å². The molecule has 5 nitrogen and oxygen atoms in total. The van der Waals surface area contributed by atoms with Crippen LogP contribution in [0.15, 0.2) is 30.5 Å². The fraction of sp³-hybridized carbons (Fsp3) is 0.167. The largest absolute Gasteiger partial charge is 0.327 e. The lowest BCUT2D eigenvalue weighted by atomic mass is 10.2. The molecule has 0 aliphatic heterocycles. The van der Waals surface area contributed by atoms with Gasteiger partial charge in [0.05, 0.1) is 6.20 Å². The van der Waals surface area contributed by atoms with E-state index in [0.29, 0.717) is 0 Å². The van der Waals surface area contributed by atoms with Gasteiger partial charge in [-0.15, -0.1) is 0 Å². The number of nitrogens with two attached hydrogens (primary N) is 1. The highest BCUT2D eigenvalue weighted by atomic mass is 19.1. The highest BCUT2D eigenvalue weighted by molar-refractivity contribution is 5.60. The van der Waals surface area contributed by atoms with E-state index in [0.717, 1.165) is 17.4 Å². The van der Waals surface area contributed by atoms with Gasteiger partial charge in [-0.25, -0.2) is 15.2 Å². The zero-order valence-electron chi connectivity index (χ0n) is 10.2. The van der Waals surface area contributed by atoms with E-state index in [2.05, 4.69) is 15.4 Å². The monoisotopic (exact) mass is 247 g/mol. The van der Waals surface area contributed by atoms with Crippen molar-refractivity contribution in [3.63, 3.8) is 0 Å². The average Bonchev–Trinajstić information content (AvgIpc) is 2.39. The quantitative estimate of drug-likeness (QED) is 0.641. The van der Waals surface area contributed by atoms with Crippen LogP contribution in [-0.2, 0) is 0 Å². The molecule has 2 aromatic rings. The molecule has 0 unspecified atom stereocenters. The molecular weight excluding hydrogens is 233 g/mol. The molecule has 0 amide bonds. The lowest BCUT2D eigenvalue weighted by molar-refractivity contribution is 0.614. The molecule has 1 aromatic carbocycles. The van der Waals surface area contributed by atoms with Gasteiger partial charge in [0, 0.05) is 12.7 Å². The van der Waals surface area contributed by atoms with E-state index in [1.54, 1.807) is 11.9 Å². The van der Waals surface area contributed by atoms with Gasteiger partial charge < -0.3 is 4.90 Å². The molecule has 2 rings (SSSR count). The zero-order valence-corrected chi connectivity index (χ0v) is 10.2. The molecule has 1 aromatic heterocycles. The molecule has 0 spiro atoms. The third-order valence-electron chi connectivity index (χ3n) is 2.59. The standard InChI is InChI=1S/C12H14FN5/c1-8-3-5-9(6-4-8)18(2)11-10(13)7-15-12(16-11)17-14/h3-7H,14H2,1-2H3,(H,15,16,17). The number of anilines is 3. The normalized spacial score (nSPS) is 10.2. The maximum absolute atomic E-state index is 13.7. The lowest BCUT2D eigenvalue weighted by Gasteiger charge is -2.19. The van der Waals surface area contributed by atoms with Crippen molar-refractivity contribution in [1.29, 1.82) is 0 Å². The summed E-state index contributed by atoms with van der Waals surface area (Å²) in [5.41, 5.74) is 4.27. The van der Waals surface area contributed by atoms with Crippen LogP contribution in [0.4, 0.5) is 21.8 Å². The average molecular weight is 247 g/mol. The van der Waals surface area contributed by atoms with Crippen LogP contribution in [0.25, 0.3) is 0 Å². The lowest BCUT2D eigenvalue weighted by Crippen LogP contribution is -2.17. The number of nitrogen functional groups attached to an aromatic ring is 1. The number of nitrogens with one attached hydrogen (secondary N) is 1. The fourth-order valence-corrected chi connectivity index (χ4v) is 1.55. The van der Waals surface area contributed by atoms with Crippen LogP contribution in [0.3, 0.4) is 0 Å². The zero-order chi connectivity index (χ0) is 13.1. The maximum atomic E-state index is 13.7. The van der Waals surface area contributed by atoms with Crippen LogP contribution in [0.5, 0.6) is 0 Å². The van der Waals surface area contributed by atoms with Crippen molar-refractivity contribution in [3.05, 3.63) is 41.8 Å². The van der Waals surface area contributed by atoms with Crippen molar-refractivity contribution in [1.82, 2.24) is 9.97 Å². The molecule has 0 aliphatic carbocycles. The Morgan fingerprint density at radius 1 is 1.28 bits per heavy atom. The van der Waals surface area contributed by atoms with E-state index in [4.69, 9.17) is 5.84 Å². The summed E-state index contributed by atoms with van der Waals surface area (Å²) in [6.07, 6.45) is 1.09. The third-order valence-corrected chi connectivity index (χ3v) is 2.59. The molecule has 6 heteroatoms. The first kappa shape index (κ1) is 12.3. The van der Waals surface area contributed by atoms with E-state index < -0.39 is 5.82 Å².